The van der Waals surface area contributed by atoms with Crippen LogP contribution < -0.4 is 10.6 Å². The zero-order chi connectivity index (χ0) is 16.7. The van der Waals surface area contributed by atoms with Crippen LogP contribution in [0, 0.1) is 6.92 Å². The molecule has 2 heterocycles. The van der Waals surface area contributed by atoms with Crippen molar-refractivity contribution in [2.75, 3.05) is 6.54 Å². The van der Waals surface area contributed by atoms with Crippen molar-refractivity contribution in [1.29, 1.82) is 0 Å². The van der Waals surface area contributed by atoms with Gasteiger partial charge in [0.05, 0.1) is 17.2 Å². The third-order valence-electron chi connectivity index (χ3n) is 3.33. The Hall–Kier alpha value is -1.40. The maximum Gasteiger partial charge on any atom is 0.191 e. The van der Waals surface area contributed by atoms with Gasteiger partial charge in [0.25, 0.3) is 0 Å². The minimum absolute atomic E-state index is 0.340. The van der Waals surface area contributed by atoms with Crippen LogP contribution >= 0.6 is 22.7 Å². The lowest BCUT2D eigenvalue weighted by Gasteiger charge is -2.17. The molecule has 0 aliphatic heterocycles. The maximum absolute atomic E-state index is 4.66. The first kappa shape index (κ1) is 17.9. The summed E-state index contributed by atoms with van der Waals surface area (Å²) < 4.78 is 0. The second kappa shape index (κ2) is 9.03. The lowest BCUT2D eigenvalue weighted by Crippen LogP contribution is -2.43. The Morgan fingerprint density at radius 2 is 2.17 bits per heavy atom. The number of aliphatic imine (C=N–C) groups is 1. The van der Waals surface area contributed by atoms with Crippen molar-refractivity contribution in [3.63, 3.8) is 0 Å². The SMILES string of the molecule is CCNC(=NCc1csc(CC)n1)NC(C)Cc1ccc(C)s1. The predicted molar refractivity (Wildman–Crippen MR) is 102 cm³/mol. The summed E-state index contributed by atoms with van der Waals surface area (Å²) in [4.78, 5) is 12.0. The van der Waals surface area contributed by atoms with Crippen molar-refractivity contribution < 1.29 is 0 Å². The fourth-order valence-electron chi connectivity index (χ4n) is 2.25. The van der Waals surface area contributed by atoms with Gasteiger partial charge < -0.3 is 10.6 Å². The van der Waals surface area contributed by atoms with Gasteiger partial charge >= 0.3 is 0 Å². The molecule has 2 rings (SSSR count). The molecule has 2 aromatic rings. The first-order valence-corrected chi connectivity index (χ1v) is 9.83. The highest BCUT2D eigenvalue weighted by Gasteiger charge is 2.08. The van der Waals surface area contributed by atoms with E-state index >= 15 is 0 Å². The van der Waals surface area contributed by atoms with E-state index in [2.05, 4.69) is 65.8 Å². The molecule has 0 saturated heterocycles. The Bertz CT molecular complexity index is 630. The van der Waals surface area contributed by atoms with Crippen LogP contribution in [0.1, 0.15) is 41.2 Å². The molecule has 0 radical (unpaired) electrons. The molecule has 126 valence electrons. The van der Waals surface area contributed by atoms with Gasteiger partial charge in [-0.2, -0.15) is 0 Å². The summed E-state index contributed by atoms with van der Waals surface area (Å²) in [6, 6.07) is 4.73. The quantitative estimate of drug-likeness (QED) is 0.590. The van der Waals surface area contributed by atoms with Gasteiger partial charge in [-0.3, -0.25) is 0 Å². The summed E-state index contributed by atoms with van der Waals surface area (Å²) in [6.07, 6.45) is 2.00. The first-order chi connectivity index (χ1) is 11.1. The highest BCUT2D eigenvalue weighted by atomic mass is 32.1. The number of aryl methyl sites for hydroxylation is 2. The Labute approximate surface area is 147 Å². The van der Waals surface area contributed by atoms with E-state index < -0.39 is 0 Å². The third kappa shape index (κ3) is 5.95. The molecule has 4 nitrogen and oxygen atoms in total. The highest BCUT2D eigenvalue weighted by molar-refractivity contribution is 7.11. The Balaban J connectivity index is 1.92. The van der Waals surface area contributed by atoms with Gasteiger partial charge in [0.1, 0.15) is 0 Å². The Morgan fingerprint density at radius 1 is 1.35 bits per heavy atom. The number of aromatic nitrogens is 1. The van der Waals surface area contributed by atoms with Gasteiger partial charge in [-0.25, -0.2) is 9.98 Å². The molecular formula is C17H26N4S2. The second-order valence-electron chi connectivity index (χ2n) is 5.54. The van der Waals surface area contributed by atoms with Crippen LogP contribution in [0.3, 0.4) is 0 Å². The molecule has 23 heavy (non-hydrogen) atoms. The molecule has 0 spiro atoms. The summed E-state index contributed by atoms with van der Waals surface area (Å²) in [5, 5.41) is 10.1. The molecule has 1 unspecified atom stereocenters. The summed E-state index contributed by atoms with van der Waals surface area (Å²) >= 11 is 3.58. The van der Waals surface area contributed by atoms with Crippen molar-refractivity contribution in [2.24, 2.45) is 4.99 Å². The maximum atomic E-state index is 4.66. The van der Waals surface area contributed by atoms with Crippen LogP contribution in [0.15, 0.2) is 22.5 Å². The normalized spacial score (nSPS) is 13.1. The van der Waals surface area contributed by atoms with Gasteiger partial charge in [-0.15, -0.1) is 22.7 Å². The highest BCUT2D eigenvalue weighted by Crippen LogP contribution is 2.16. The lowest BCUT2D eigenvalue weighted by molar-refractivity contribution is 0.645. The van der Waals surface area contributed by atoms with Crippen molar-refractivity contribution in [1.82, 2.24) is 15.6 Å². The second-order valence-corrected chi connectivity index (χ2v) is 7.86. The van der Waals surface area contributed by atoms with Crippen LogP contribution in [0.2, 0.25) is 0 Å². The molecular weight excluding hydrogens is 324 g/mol. The van der Waals surface area contributed by atoms with E-state index in [0.717, 1.165) is 31.0 Å². The molecule has 0 saturated carbocycles. The van der Waals surface area contributed by atoms with E-state index in [9.17, 15) is 0 Å². The van der Waals surface area contributed by atoms with Crippen LogP contribution in [0.5, 0.6) is 0 Å². The Kier molecular flexibility index (Phi) is 7.05. The van der Waals surface area contributed by atoms with Crippen molar-refractivity contribution in [3.05, 3.63) is 38.0 Å². The standard InChI is InChI=1S/C17H26N4S2/c1-5-16-21-14(11-22-16)10-19-17(18-6-2)20-12(3)9-15-8-7-13(4)23-15/h7-8,11-12H,5-6,9-10H2,1-4H3,(H2,18,19,20). The monoisotopic (exact) mass is 350 g/mol. The average molecular weight is 351 g/mol. The van der Waals surface area contributed by atoms with Gasteiger partial charge in [-0.05, 0) is 39.3 Å². The van der Waals surface area contributed by atoms with Gasteiger partial charge in [0.2, 0.25) is 0 Å². The summed E-state index contributed by atoms with van der Waals surface area (Å²) in [5.74, 6) is 0.860. The molecule has 0 aliphatic rings. The minimum Gasteiger partial charge on any atom is -0.357 e. The Morgan fingerprint density at radius 3 is 2.78 bits per heavy atom. The fourth-order valence-corrected chi connectivity index (χ4v) is 4.00. The molecule has 0 aliphatic carbocycles. The van der Waals surface area contributed by atoms with E-state index in [1.165, 1.54) is 14.8 Å². The third-order valence-corrected chi connectivity index (χ3v) is 5.40. The topological polar surface area (TPSA) is 49.3 Å². The van der Waals surface area contributed by atoms with Gasteiger partial charge in [-0.1, -0.05) is 6.92 Å². The van der Waals surface area contributed by atoms with E-state index in [1.807, 2.05) is 11.3 Å². The molecule has 0 bridgehead atoms. The number of hydrogen-bond acceptors (Lipinski definition) is 4. The van der Waals surface area contributed by atoms with E-state index in [1.54, 1.807) is 11.3 Å². The smallest absolute Gasteiger partial charge is 0.191 e. The molecule has 0 aromatic carbocycles. The molecule has 2 aromatic heterocycles. The molecule has 6 heteroatoms. The number of hydrogen-bond donors (Lipinski definition) is 2. The number of rotatable bonds is 7. The van der Waals surface area contributed by atoms with Crippen molar-refractivity contribution >= 4 is 28.6 Å². The van der Waals surface area contributed by atoms with Gasteiger partial charge in [0.15, 0.2) is 5.96 Å². The number of guanidine groups is 1. The zero-order valence-electron chi connectivity index (χ0n) is 14.3. The van der Waals surface area contributed by atoms with Crippen LogP contribution in [0.4, 0.5) is 0 Å². The molecule has 1 atom stereocenters. The lowest BCUT2D eigenvalue weighted by atomic mass is 10.2. The van der Waals surface area contributed by atoms with Crippen molar-refractivity contribution in [2.45, 2.75) is 53.1 Å². The zero-order valence-corrected chi connectivity index (χ0v) is 16.0. The first-order valence-electron chi connectivity index (χ1n) is 8.14. The number of thiophene rings is 1. The fraction of sp³-hybridized carbons (Fsp3) is 0.529. The summed E-state index contributed by atoms with van der Waals surface area (Å²) in [5.41, 5.74) is 1.05. The molecule has 0 amide bonds. The largest absolute Gasteiger partial charge is 0.357 e. The molecule has 2 N–H and O–H groups in total. The number of nitrogens with zero attached hydrogens (tertiary/aromatic N) is 2. The predicted octanol–water partition coefficient (Wildman–Crippen LogP) is 3.76. The summed E-state index contributed by atoms with van der Waals surface area (Å²) in [7, 11) is 0. The van der Waals surface area contributed by atoms with E-state index in [4.69, 9.17) is 0 Å². The van der Waals surface area contributed by atoms with E-state index in [-0.39, 0.29) is 0 Å². The van der Waals surface area contributed by atoms with E-state index in [0.29, 0.717) is 12.6 Å². The number of nitrogens with one attached hydrogen (secondary N) is 2. The van der Waals surface area contributed by atoms with Crippen LogP contribution in [-0.2, 0) is 19.4 Å². The van der Waals surface area contributed by atoms with Crippen LogP contribution in [0.25, 0.3) is 0 Å². The number of thiazole rings is 1. The molecule has 0 fully saturated rings. The summed E-state index contributed by atoms with van der Waals surface area (Å²) in [6.45, 7) is 10.0. The average Bonchev–Trinajstić information content (AvgIpc) is 3.14. The van der Waals surface area contributed by atoms with Crippen LogP contribution in [-0.4, -0.2) is 23.5 Å². The minimum atomic E-state index is 0.340. The van der Waals surface area contributed by atoms with Gasteiger partial charge in [0, 0.05) is 34.1 Å². The van der Waals surface area contributed by atoms with Crippen molar-refractivity contribution in [3.8, 4) is 0 Å².